The number of unbranched alkanes of at least 4 members (excludes halogenated alkanes) is 2. The molecule has 156 valence electrons. The minimum absolute atomic E-state index is 0.173. The lowest BCUT2D eigenvalue weighted by atomic mass is 10.1. The molecule has 1 aliphatic heterocycles. The Morgan fingerprint density at radius 2 is 2.11 bits per heavy atom. The lowest BCUT2D eigenvalue weighted by Gasteiger charge is -2.18. The second-order valence-corrected chi connectivity index (χ2v) is 8.18. The summed E-state index contributed by atoms with van der Waals surface area (Å²) in [5, 5.41) is 23.1. The highest BCUT2D eigenvalue weighted by atomic mass is 31.2. The zero-order chi connectivity index (χ0) is 20.3. The zero-order valence-electron chi connectivity index (χ0n) is 15.4. The first-order valence-corrected chi connectivity index (χ1v) is 10.6. The van der Waals surface area contributed by atoms with Crippen molar-refractivity contribution in [2.45, 2.75) is 50.7 Å². The van der Waals surface area contributed by atoms with E-state index in [-0.39, 0.29) is 12.4 Å². The van der Waals surface area contributed by atoms with Gasteiger partial charge in [-0.2, -0.15) is 0 Å². The molecule has 0 saturated carbocycles. The standard InChI is InChI=1S/C15H25N6O6P/c1-2-3-4-5-20-28(24,25)26-6-9-11(22)12(23)15(27-9)21-8-19-10-13(16)17-7-18-14(10)21/h7-9,11-12,15,22-23H,2-6H2,1H3,(H2,16,17,18)(H2,20,24,25)/t9-,11-,12-,15-/m1/s1. The molecule has 0 radical (unpaired) electrons. The number of aliphatic hydroxyl groups excluding tert-OH is 2. The summed E-state index contributed by atoms with van der Waals surface area (Å²) in [5.41, 5.74) is 6.41. The van der Waals surface area contributed by atoms with E-state index >= 15 is 0 Å². The van der Waals surface area contributed by atoms with E-state index in [0.717, 1.165) is 19.3 Å². The molecule has 0 amide bonds. The average Bonchev–Trinajstić information content (AvgIpc) is 3.20. The van der Waals surface area contributed by atoms with Gasteiger partial charge in [-0.1, -0.05) is 19.8 Å². The summed E-state index contributed by atoms with van der Waals surface area (Å²) in [4.78, 5) is 21.8. The fraction of sp³-hybridized carbons (Fsp3) is 0.667. The van der Waals surface area contributed by atoms with E-state index < -0.39 is 32.3 Å². The number of nitrogens with two attached hydrogens (primary N) is 1. The lowest BCUT2D eigenvalue weighted by Crippen LogP contribution is -2.34. The Bertz CT molecular complexity index is 850. The normalized spacial score (nSPS) is 27.3. The van der Waals surface area contributed by atoms with Crippen molar-refractivity contribution in [1.82, 2.24) is 24.6 Å². The Morgan fingerprint density at radius 3 is 2.86 bits per heavy atom. The van der Waals surface area contributed by atoms with Crippen LogP contribution < -0.4 is 10.8 Å². The van der Waals surface area contributed by atoms with Crippen LogP contribution in [0.25, 0.3) is 11.2 Å². The third-order valence-corrected chi connectivity index (χ3v) is 5.63. The number of ether oxygens (including phenoxy) is 1. The molecule has 2 aromatic rings. The molecule has 3 rings (SSSR count). The van der Waals surface area contributed by atoms with E-state index in [1.807, 2.05) is 6.92 Å². The molecule has 6 N–H and O–H groups in total. The maximum atomic E-state index is 12.0. The van der Waals surface area contributed by atoms with Gasteiger partial charge in [0, 0.05) is 6.54 Å². The van der Waals surface area contributed by atoms with Gasteiger partial charge in [0.25, 0.3) is 0 Å². The summed E-state index contributed by atoms with van der Waals surface area (Å²) in [5.74, 6) is 0.173. The van der Waals surface area contributed by atoms with E-state index in [1.54, 1.807) is 0 Å². The number of anilines is 1. The largest absolute Gasteiger partial charge is 0.403 e. The molecule has 5 atom stereocenters. The number of nitrogens with one attached hydrogen (secondary N) is 1. The molecule has 1 aliphatic rings. The number of rotatable bonds is 9. The van der Waals surface area contributed by atoms with Crippen LogP contribution in [0, 0.1) is 0 Å². The van der Waals surface area contributed by atoms with Crippen LogP contribution in [0.3, 0.4) is 0 Å². The second-order valence-electron chi connectivity index (χ2n) is 6.56. The third kappa shape index (κ3) is 4.49. The topological polar surface area (TPSA) is 178 Å². The second kappa shape index (κ2) is 8.78. The van der Waals surface area contributed by atoms with Crippen molar-refractivity contribution in [3.63, 3.8) is 0 Å². The molecule has 3 heterocycles. The molecule has 0 aromatic carbocycles. The summed E-state index contributed by atoms with van der Waals surface area (Å²) >= 11 is 0. The average molecular weight is 416 g/mol. The molecule has 2 aromatic heterocycles. The minimum atomic E-state index is -4.04. The van der Waals surface area contributed by atoms with Crippen LogP contribution in [0.5, 0.6) is 0 Å². The molecule has 1 unspecified atom stereocenters. The van der Waals surface area contributed by atoms with Crippen molar-refractivity contribution in [3.8, 4) is 0 Å². The van der Waals surface area contributed by atoms with Gasteiger partial charge in [-0.05, 0) is 6.42 Å². The van der Waals surface area contributed by atoms with Crippen LogP contribution >= 0.6 is 7.75 Å². The number of fused-ring (bicyclic) bond motifs is 1. The van der Waals surface area contributed by atoms with Crippen molar-refractivity contribution in [1.29, 1.82) is 0 Å². The molecule has 1 saturated heterocycles. The van der Waals surface area contributed by atoms with E-state index in [1.165, 1.54) is 17.2 Å². The fourth-order valence-corrected chi connectivity index (χ4v) is 3.85. The number of imidazole rings is 1. The van der Waals surface area contributed by atoms with Crippen molar-refractivity contribution < 1.29 is 28.9 Å². The van der Waals surface area contributed by atoms with Gasteiger partial charge in [0.15, 0.2) is 17.7 Å². The van der Waals surface area contributed by atoms with Crippen molar-refractivity contribution >= 4 is 24.7 Å². The Labute approximate surface area is 161 Å². The van der Waals surface area contributed by atoms with Crippen LogP contribution in [-0.2, 0) is 13.8 Å². The Kier molecular flexibility index (Phi) is 6.61. The van der Waals surface area contributed by atoms with Gasteiger partial charge < -0.3 is 25.6 Å². The molecule has 1 fully saturated rings. The van der Waals surface area contributed by atoms with E-state index in [2.05, 4.69) is 20.0 Å². The van der Waals surface area contributed by atoms with Gasteiger partial charge >= 0.3 is 7.75 Å². The molecule has 0 spiro atoms. The first-order chi connectivity index (χ1) is 13.3. The van der Waals surface area contributed by atoms with E-state index in [4.69, 9.17) is 15.0 Å². The number of nitrogen functional groups attached to an aromatic ring is 1. The summed E-state index contributed by atoms with van der Waals surface area (Å²) in [6.45, 7) is 1.98. The molecule has 0 bridgehead atoms. The molecule has 0 aliphatic carbocycles. The fourth-order valence-electron chi connectivity index (χ4n) is 2.97. The van der Waals surface area contributed by atoms with Crippen molar-refractivity contribution in [2.24, 2.45) is 0 Å². The summed E-state index contributed by atoms with van der Waals surface area (Å²) in [7, 11) is -4.04. The van der Waals surface area contributed by atoms with Gasteiger partial charge in [-0.25, -0.2) is 24.6 Å². The number of aromatic nitrogens is 4. The summed E-state index contributed by atoms with van der Waals surface area (Å²) in [6.07, 6.45) is 0.586. The highest BCUT2D eigenvalue weighted by Crippen LogP contribution is 2.39. The van der Waals surface area contributed by atoms with Crippen molar-refractivity contribution in [2.75, 3.05) is 18.9 Å². The van der Waals surface area contributed by atoms with Gasteiger partial charge in [0.05, 0.1) is 12.9 Å². The molecule has 28 heavy (non-hydrogen) atoms. The quantitative estimate of drug-likeness (QED) is 0.273. The molecular weight excluding hydrogens is 391 g/mol. The van der Waals surface area contributed by atoms with E-state index in [0.29, 0.717) is 17.7 Å². The number of aliphatic hydroxyl groups is 2. The highest BCUT2D eigenvalue weighted by molar-refractivity contribution is 7.50. The first-order valence-electron chi connectivity index (χ1n) is 9.01. The highest BCUT2D eigenvalue weighted by Gasteiger charge is 2.45. The van der Waals surface area contributed by atoms with Gasteiger partial charge in [-0.3, -0.25) is 9.09 Å². The monoisotopic (exact) mass is 416 g/mol. The SMILES string of the molecule is CCCCCNP(=O)(O)OC[C@H]1O[C@@H](n2cnc3c(N)ncnc32)[C@H](O)[C@@H]1O. The van der Waals surface area contributed by atoms with Gasteiger partial charge in [-0.15, -0.1) is 0 Å². The molecule has 13 heteroatoms. The zero-order valence-corrected chi connectivity index (χ0v) is 16.3. The summed E-state index contributed by atoms with van der Waals surface area (Å²) in [6, 6.07) is 0. The van der Waals surface area contributed by atoms with Crippen LogP contribution in [0.2, 0.25) is 0 Å². The predicted octanol–water partition coefficient (Wildman–Crippen LogP) is -0.0755. The number of hydrogen-bond donors (Lipinski definition) is 5. The smallest absolute Gasteiger partial charge is 0.387 e. The van der Waals surface area contributed by atoms with Gasteiger partial charge in [0.2, 0.25) is 0 Å². The number of nitrogens with zero attached hydrogens (tertiary/aromatic N) is 4. The Morgan fingerprint density at radius 1 is 1.32 bits per heavy atom. The lowest BCUT2D eigenvalue weighted by molar-refractivity contribution is -0.0487. The van der Waals surface area contributed by atoms with Crippen LogP contribution in [0.15, 0.2) is 12.7 Å². The maximum Gasteiger partial charge on any atom is 0.403 e. The van der Waals surface area contributed by atoms with E-state index in [9.17, 15) is 19.7 Å². The minimum Gasteiger partial charge on any atom is -0.387 e. The van der Waals surface area contributed by atoms with Crippen molar-refractivity contribution in [3.05, 3.63) is 12.7 Å². The number of hydrogen-bond acceptors (Lipinski definition) is 9. The Hall–Kier alpha value is -1.66. The van der Waals surface area contributed by atoms with Crippen LogP contribution in [-0.4, -0.2) is 66.1 Å². The third-order valence-electron chi connectivity index (χ3n) is 4.50. The first kappa shape index (κ1) is 21.1. The summed E-state index contributed by atoms with van der Waals surface area (Å²) < 4.78 is 24.1. The Balaban J connectivity index is 1.64. The predicted molar refractivity (Wildman–Crippen MR) is 99.0 cm³/mol. The van der Waals surface area contributed by atoms with Crippen LogP contribution in [0.1, 0.15) is 32.4 Å². The molecule has 12 nitrogen and oxygen atoms in total. The maximum absolute atomic E-state index is 12.0. The van der Waals surface area contributed by atoms with Crippen LogP contribution in [0.4, 0.5) is 5.82 Å². The molecular formula is C15H25N6O6P. The van der Waals surface area contributed by atoms with Gasteiger partial charge in [0.1, 0.15) is 30.2 Å².